The Morgan fingerprint density at radius 2 is 2.31 bits per heavy atom. The molecule has 0 saturated heterocycles. The second-order valence-electron chi connectivity index (χ2n) is 6.24. The van der Waals surface area contributed by atoms with Crippen molar-refractivity contribution in [3.05, 3.63) is 33.1 Å². The molecule has 2 aromatic rings. The summed E-state index contributed by atoms with van der Waals surface area (Å²) in [4.78, 5) is 13.1. The van der Waals surface area contributed by atoms with Gasteiger partial charge in [-0.3, -0.25) is 4.79 Å². The maximum atomic E-state index is 13.6. The molecule has 0 saturated carbocycles. The van der Waals surface area contributed by atoms with Crippen LogP contribution in [0.25, 0.3) is 0 Å². The molecular weight excluding hydrogens is 389 g/mol. The van der Waals surface area contributed by atoms with E-state index >= 15 is 0 Å². The molecule has 5 nitrogen and oxygen atoms in total. The quantitative estimate of drug-likeness (QED) is 0.767. The summed E-state index contributed by atoms with van der Waals surface area (Å²) in [7, 11) is 0. The summed E-state index contributed by atoms with van der Waals surface area (Å²) >= 11 is 7.60. The number of halogens is 4. The topological polar surface area (TPSA) is 59.0 Å². The lowest BCUT2D eigenvalue weighted by atomic mass is 10.0. The fraction of sp³-hybridized carbons (Fsp3) is 0.500. The van der Waals surface area contributed by atoms with Crippen molar-refractivity contribution in [1.29, 1.82) is 0 Å². The number of thiophene rings is 1. The van der Waals surface area contributed by atoms with Gasteiger partial charge in [-0.1, -0.05) is 24.6 Å². The predicted octanol–water partition coefficient (Wildman–Crippen LogP) is 4.79. The third-order valence-corrected chi connectivity index (χ3v) is 5.73. The highest BCUT2D eigenvalue weighted by Crippen LogP contribution is 2.46. The smallest absolute Gasteiger partial charge is 0.361 e. The molecule has 0 aliphatic carbocycles. The minimum absolute atomic E-state index is 0.0212. The zero-order valence-electron chi connectivity index (χ0n) is 14.1. The first kappa shape index (κ1) is 19.0. The normalized spacial score (nSPS) is 21.0. The second kappa shape index (κ2) is 7.11. The molecule has 0 bridgehead atoms. The first-order valence-electron chi connectivity index (χ1n) is 8.17. The number of hydrogen-bond acceptors (Lipinski definition) is 4. The number of carbonyl (C=O) groups excluding carboxylic acids is 1. The number of fused-ring (bicyclic) bond motifs is 1. The number of aromatic nitrogens is 2. The third kappa shape index (κ3) is 3.55. The maximum Gasteiger partial charge on any atom is 0.410 e. The second-order valence-corrected chi connectivity index (χ2v) is 7.60. The molecule has 0 fully saturated rings. The molecule has 10 heteroatoms. The Labute approximate surface area is 157 Å². The highest BCUT2D eigenvalue weighted by molar-refractivity contribution is 7.10. The summed E-state index contributed by atoms with van der Waals surface area (Å²) in [6.45, 7) is 3.68. The van der Waals surface area contributed by atoms with Crippen LogP contribution in [0.2, 0.25) is 5.02 Å². The summed E-state index contributed by atoms with van der Waals surface area (Å²) in [5, 5.41) is 11.3. The zero-order valence-corrected chi connectivity index (χ0v) is 15.7. The molecule has 2 aromatic heterocycles. The SMILES string of the molecule is CCC(C)NC(=O)c1nn2c(c1Cl)NC(c1cccs1)CC2C(F)(F)F. The van der Waals surface area contributed by atoms with Crippen molar-refractivity contribution in [2.45, 2.75) is 51.0 Å². The van der Waals surface area contributed by atoms with Gasteiger partial charge in [-0.2, -0.15) is 18.3 Å². The minimum Gasteiger partial charge on any atom is -0.361 e. The Morgan fingerprint density at radius 1 is 1.58 bits per heavy atom. The van der Waals surface area contributed by atoms with E-state index in [4.69, 9.17) is 11.6 Å². The van der Waals surface area contributed by atoms with E-state index in [9.17, 15) is 18.0 Å². The molecule has 3 heterocycles. The van der Waals surface area contributed by atoms with Gasteiger partial charge in [0.05, 0.1) is 6.04 Å². The zero-order chi connectivity index (χ0) is 19.1. The van der Waals surface area contributed by atoms with Crippen LogP contribution in [0.4, 0.5) is 19.0 Å². The van der Waals surface area contributed by atoms with Crippen molar-refractivity contribution >= 4 is 34.7 Å². The number of nitrogens with one attached hydrogen (secondary N) is 2. The molecule has 0 aromatic carbocycles. The van der Waals surface area contributed by atoms with Gasteiger partial charge in [0.1, 0.15) is 10.8 Å². The molecule has 2 N–H and O–H groups in total. The van der Waals surface area contributed by atoms with E-state index in [0.29, 0.717) is 6.42 Å². The van der Waals surface area contributed by atoms with E-state index in [0.717, 1.165) is 9.56 Å². The average molecular weight is 407 g/mol. The Morgan fingerprint density at radius 3 is 2.88 bits per heavy atom. The van der Waals surface area contributed by atoms with E-state index in [1.807, 2.05) is 6.92 Å². The summed E-state index contributed by atoms with van der Waals surface area (Å²) in [6, 6.07) is 1.01. The number of carbonyl (C=O) groups is 1. The van der Waals surface area contributed by atoms with Gasteiger partial charge in [0, 0.05) is 17.3 Å². The van der Waals surface area contributed by atoms with Gasteiger partial charge in [0.15, 0.2) is 11.7 Å². The van der Waals surface area contributed by atoms with Gasteiger partial charge in [0.25, 0.3) is 5.91 Å². The van der Waals surface area contributed by atoms with Gasteiger partial charge >= 0.3 is 6.18 Å². The largest absolute Gasteiger partial charge is 0.410 e. The molecule has 1 aliphatic heterocycles. The molecular formula is C16H18ClF3N4OS. The van der Waals surface area contributed by atoms with Crippen LogP contribution >= 0.6 is 22.9 Å². The number of amides is 1. The number of rotatable bonds is 4. The van der Waals surface area contributed by atoms with Crippen molar-refractivity contribution in [1.82, 2.24) is 15.1 Å². The highest BCUT2D eigenvalue weighted by atomic mass is 35.5. The fourth-order valence-electron chi connectivity index (χ4n) is 2.80. The monoisotopic (exact) mass is 406 g/mol. The predicted molar refractivity (Wildman–Crippen MR) is 94.8 cm³/mol. The molecule has 1 amide bonds. The van der Waals surface area contributed by atoms with Gasteiger partial charge < -0.3 is 10.6 Å². The fourth-order valence-corrected chi connectivity index (χ4v) is 3.86. The summed E-state index contributed by atoms with van der Waals surface area (Å²) in [5.74, 6) is -0.561. The van der Waals surface area contributed by atoms with Crippen LogP contribution in [0.15, 0.2) is 17.5 Å². The van der Waals surface area contributed by atoms with Crippen LogP contribution in [-0.2, 0) is 0 Å². The summed E-state index contributed by atoms with van der Waals surface area (Å²) in [5.41, 5.74) is -0.199. The van der Waals surface area contributed by atoms with Crippen LogP contribution in [0, 0.1) is 0 Å². The lowest BCUT2D eigenvalue weighted by molar-refractivity contribution is -0.173. The number of anilines is 1. The minimum atomic E-state index is -4.51. The Balaban J connectivity index is 2.00. The molecule has 3 unspecified atom stereocenters. The number of alkyl halides is 3. The van der Waals surface area contributed by atoms with Gasteiger partial charge in [0.2, 0.25) is 0 Å². The average Bonchev–Trinajstić information content (AvgIpc) is 3.21. The van der Waals surface area contributed by atoms with Gasteiger partial charge in [-0.15, -0.1) is 11.3 Å². The van der Waals surface area contributed by atoms with Crippen molar-refractivity contribution in [2.24, 2.45) is 0 Å². The standard InChI is InChI=1S/C16H18ClF3N4OS/c1-3-8(2)21-15(25)13-12(17)14-22-9(10-5-4-6-26-10)7-11(16(18,19)20)24(14)23-13/h4-6,8-9,11,22H,3,7H2,1-2H3,(H,21,25). The molecule has 0 radical (unpaired) electrons. The van der Waals surface area contributed by atoms with Crippen molar-refractivity contribution in [3.63, 3.8) is 0 Å². The van der Waals surface area contributed by atoms with Crippen LogP contribution in [0.5, 0.6) is 0 Å². The van der Waals surface area contributed by atoms with Crippen LogP contribution in [0.3, 0.4) is 0 Å². The molecule has 26 heavy (non-hydrogen) atoms. The van der Waals surface area contributed by atoms with E-state index in [2.05, 4.69) is 15.7 Å². The molecule has 3 atom stereocenters. The lowest BCUT2D eigenvalue weighted by Gasteiger charge is -2.32. The Kier molecular flexibility index (Phi) is 5.21. The molecule has 3 rings (SSSR count). The third-order valence-electron chi connectivity index (χ3n) is 4.39. The summed E-state index contributed by atoms with van der Waals surface area (Å²) in [6.07, 6.45) is -4.05. The van der Waals surface area contributed by atoms with E-state index in [1.54, 1.807) is 24.4 Å². The lowest BCUT2D eigenvalue weighted by Crippen LogP contribution is -2.36. The maximum absolute atomic E-state index is 13.6. The van der Waals surface area contributed by atoms with E-state index < -0.39 is 24.2 Å². The summed E-state index contributed by atoms with van der Waals surface area (Å²) < 4.78 is 41.6. The van der Waals surface area contributed by atoms with Crippen molar-refractivity contribution in [2.75, 3.05) is 5.32 Å². The highest BCUT2D eigenvalue weighted by Gasteiger charge is 2.48. The van der Waals surface area contributed by atoms with Crippen LogP contribution in [0.1, 0.15) is 54.1 Å². The van der Waals surface area contributed by atoms with E-state index in [1.165, 1.54) is 11.3 Å². The first-order chi connectivity index (χ1) is 12.2. The molecule has 0 spiro atoms. The van der Waals surface area contributed by atoms with Crippen molar-refractivity contribution in [3.8, 4) is 0 Å². The Bertz CT molecular complexity index is 790. The van der Waals surface area contributed by atoms with Crippen molar-refractivity contribution < 1.29 is 18.0 Å². The molecule has 1 aliphatic rings. The molecule has 142 valence electrons. The van der Waals surface area contributed by atoms with E-state index in [-0.39, 0.29) is 29.0 Å². The van der Waals surface area contributed by atoms with Crippen LogP contribution in [-0.4, -0.2) is 27.9 Å². The van der Waals surface area contributed by atoms with Gasteiger partial charge in [-0.25, -0.2) is 4.68 Å². The Hall–Kier alpha value is -1.74. The van der Waals surface area contributed by atoms with Crippen LogP contribution < -0.4 is 10.6 Å². The van der Waals surface area contributed by atoms with Gasteiger partial charge in [-0.05, 0) is 24.8 Å². The number of nitrogens with zero attached hydrogens (tertiary/aromatic N) is 2. The first-order valence-corrected chi connectivity index (χ1v) is 9.43. The number of hydrogen-bond donors (Lipinski definition) is 2.